The Morgan fingerprint density at radius 1 is 1.06 bits per heavy atom. The van der Waals surface area contributed by atoms with E-state index in [1.54, 1.807) is 0 Å². The van der Waals surface area contributed by atoms with Crippen molar-refractivity contribution in [2.75, 3.05) is 0 Å². The lowest BCUT2D eigenvalue weighted by Crippen LogP contribution is -2.32. The molecule has 0 aromatic heterocycles. The minimum Gasteiger partial charge on any atom is -0.310 e. The molecule has 0 amide bonds. The van der Waals surface area contributed by atoms with Crippen molar-refractivity contribution < 1.29 is 0 Å². The third kappa shape index (κ3) is 4.16. The van der Waals surface area contributed by atoms with Crippen molar-refractivity contribution in [1.29, 1.82) is 0 Å². The van der Waals surface area contributed by atoms with E-state index in [0.717, 1.165) is 18.5 Å². The number of rotatable bonds is 5. The number of benzene rings is 1. The highest BCUT2D eigenvalue weighted by atomic mass is 14.9. The molecule has 1 aromatic rings. The molecule has 0 aliphatic heterocycles. The molecular weight excluding hydrogens is 206 g/mol. The van der Waals surface area contributed by atoms with Gasteiger partial charge in [-0.25, -0.2) is 0 Å². The van der Waals surface area contributed by atoms with Gasteiger partial charge in [0.25, 0.3) is 0 Å². The standard InChI is InChI=1S/C16H25N/c1-2-6-14-9-11-16(12-10-14)17-13-15-7-4-3-5-8-15/h3-5,7-8,14,16-17H,2,6,9-13H2,1H3. The van der Waals surface area contributed by atoms with E-state index >= 15 is 0 Å². The first-order valence-electron chi connectivity index (χ1n) is 7.15. The average Bonchev–Trinajstić information content (AvgIpc) is 2.40. The summed E-state index contributed by atoms with van der Waals surface area (Å²) in [5.41, 5.74) is 1.41. The predicted octanol–water partition coefficient (Wildman–Crippen LogP) is 4.14. The van der Waals surface area contributed by atoms with Crippen molar-refractivity contribution >= 4 is 0 Å². The second-order valence-corrected chi connectivity index (χ2v) is 5.37. The minimum atomic E-state index is 0.753. The second-order valence-electron chi connectivity index (χ2n) is 5.37. The molecular formula is C16H25N. The van der Waals surface area contributed by atoms with Crippen LogP contribution in [0.15, 0.2) is 30.3 Å². The van der Waals surface area contributed by atoms with E-state index in [2.05, 4.69) is 42.6 Å². The van der Waals surface area contributed by atoms with Gasteiger partial charge in [-0.1, -0.05) is 50.1 Å². The maximum absolute atomic E-state index is 3.70. The smallest absolute Gasteiger partial charge is 0.0208 e. The Balaban J connectivity index is 1.68. The summed E-state index contributed by atoms with van der Waals surface area (Å²) in [6, 6.07) is 11.5. The fraction of sp³-hybridized carbons (Fsp3) is 0.625. The highest BCUT2D eigenvalue weighted by Gasteiger charge is 2.19. The second kappa shape index (κ2) is 6.80. The molecule has 94 valence electrons. The van der Waals surface area contributed by atoms with Crippen LogP contribution in [0.3, 0.4) is 0 Å². The van der Waals surface area contributed by atoms with Gasteiger partial charge in [-0.2, -0.15) is 0 Å². The van der Waals surface area contributed by atoms with Crippen LogP contribution in [0.5, 0.6) is 0 Å². The van der Waals surface area contributed by atoms with E-state index in [1.807, 2.05) is 0 Å². The van der Waals surface area contributed by atoms with Gasteiger partial charge >= 0.3 is 0 Å². The van der Waals surface area contributed by atoms with Gasteiger partial charge in [0.2, 0.25) is 0 Å². The van der Waals surface area contributed by atoms with Crippen LogP contribution in [0.2, 0.25) is 0 Å². The van der Waals surface area contributed by atoms with E-state index in [4.69, 9.17) is 0 Å². The summed E-state index contributed by atoms with van der Waals surface area (Å²) in [5, 5.41) is 3.70. The molecule has 0 heterocycles. The molecule has 1 aliphatic rings. The van der Waals surface area contributed by atoms with Gasteiger partial charge < -0.3 is 5.32 Å². The van der Waals surface area contributed by atoms with Crippen LogP contribution in [0.1, 0.15) is 51.0 Å². The third-order valence-electron chi connectivity index (χ3n) is 3.98. The van der Waals surface area contributed by atoms with E-state index in [0.29, 0.717) is 0 Å². The Hall–Kier alpha value is -0.820. The quantitative estimate of drug-likeness (QED) is 0.803. The maximum Gasteiger partial charge on any atom is 0.0208 e. The Kier molecular flexibility index (Phi) is 5.06. The molecule has 17 heavy (non-hydrogen) atoms. The van der Waals surface area contributed by atoms with Crippen LogP contribution in [0.25, 0.3) is 0 Å². The Morgan fingerprint density at radius 2 is 1.76 bits per heavy atom. The van der Waals surface area contributed by atoms with Gasteiger partial charge in [0, 0.05) is 12.6 Å². The highest BCUT2D eigenvalue weighted by Crippen LogP contribution is 2.27. The molecule has 1 nitrogen and oxygen atoms in total. The Bertz CT molecular complexity index is 299. The molecule has 1 aromatic carbocycles. The van der Waals surface area contributed by atoms with Crippen molar-refractivity contribution in [2.24, 2.45) is 5.92 Å². The minimum absolute atomic E-state index is 0.753. The molecule has 0 spiro atoms. The van der Waals surface area contributed by atoms with Crippen LogP contribution in [0.4, 0.5) is 0 Å². The fourth-order valence-corrected chi connectivity index (χ4v) is 2.92. The van der Waals surface area contributed by atoms with Gasteiger partial charge in [0.05, 0.1) is 0 Å². The van der Waals surface area contributed by atoms with Gasteiger partial charge in [-0.05, 0) is 37.2 Å². The summed E-state index contributed by atoms with van der Waals surface area (Å²) in [6.07, 6.45) is 8.40. The summed E-state index contributed by atoms with van der Waals surface area (Å²) in [4.78, 5) is 0. The summed E-state index contributed by atoms with van der Waals surface area (Å²) in [5.74, 6) is 1.01. The molecule has 0 saturated heterocycles. The average molecular weight is 231 g/mol. The topological polar surface area (TPSA) is 12.0 Å². The van der Waals surface area contributed by atoms with Crippen LogP contribution in [-0.4, -0.2) is 6.04 Å². The Labute approximate surface area is 106 Å². The molecule has 1 fully saturated rings. The zero-order chi connectivity index (χ0) is 11.9. The van der Waals surface area contributed by atoms with Crippen LogP contribution < -0.4 is 5.32 Å². The van der Waals surface area contributed by atoms with Crippen LogP contribution >= 0.6 is 0 Å². The predicted molar refractivity (Wildman–Crippen MR) is 73.9 cm³/mol. The zero-order valence-electron chi connectivity index (χ0n) is 11.0. The molecule has 0 unspecified atom stereocenters. The molecule has 0 bridgehead atoms. The van der Waals surface area contributed by atoms with Crippen molar-refractivity contribution in [3.63, 3.8) is 0 Å². The summed E-state index contributed by atoms with van der Waals surface area (Å²) in [6.45, 7) is 3.34. The van der Waals surface area contributed by atoms with Gasteiger partial charge in [-0.15, -0.1) is 0 Å². The normalized spacial score (nSPS) is 24.8. The van der Waals surface area contributed by atoms with Gasteiger partial charge in [0.15, 0.2) is 0 Å². The Morgan fingerprint density at radius 3 is 2.41 bits per heavy atom. The van der Waals surface area contributed by atoms with Gasteiger partial charge in [-0.3, -0.25) is 0 Å². The van der Waals surface area contributed by atoms with E-state index in [9.17, 15) is 0 Å². The molecule has 1 heteroatoms. The van der Waals surface area contributed by atoms with Crippen molar-refractivity contribution in [1.82, 2.24) is 5.32 Å². The molecule has 1 aliphatic carbocycles. The first-order valence-corrected chi connectivity index (χ1v) is 7.15. The number of nitrogens with one attached hydrogen (secondary N) is 1. The van der Waals surface area contributed by atoms with Crippen molar-refractivity contribution in [2.45, 2.75) is 58.0 Å². The van der Waals surface area contributed by atoms with Crippen molar-refractivity contribution in [3.05, 3.63) is 35.9 Å². The zero-order valence-corrected chi connectivity index (χ0v) is 11.0. The molecule has 2 rings (SSSR count). The molecule has 0 atom stereocenters. The largest absolute Gasteiger partial charge is 0.310 e. The number of hydrogen-bond donors (Lipinski definition) is 1. The SMILES string of the molecule is CCCC1CCC(NCc2ccccc2)CC1. The summed E-state index contributed by atoms with van der Waals surface area (Å²) >= 11 is 0. The highest BCUT2D eigenvalue weighted by molar-refractivity contribution is 5.14. The van der Waals surface area contributed by atoms with E-state index < -0.39 is 0 Å². The summed E-state index contributed by atoms with van der Waals surface area (Å²) < 4.78 is 0. The lowest BCUT2D eigenvalue weighted by molar-refractivity contribution is 0.277. The van der Waals surface area contributed by atoms with Crippen LogP contribution in [0, 0.1) is 5.92 Å². The lowest BCUT2D eigenvalue weighted by atomic mass is 9.83. The maximum atomic E-state index is 3.70. The fourth-order valence-electron chi connectivity index (χ4n) is 2.92. The first-order chi connectivity index (χ1) is 8.38. The molecule has 1 saturated carbocycles. The third-order valence-corrected chi connectivity index (χ3v) is 3.98. The lowest BCUT2D eigenvalue weighted by Gasteiger charge is -2.29. The van der Waals surface area contributed by atoms with E-state index in [1.165, 1.54) is 44.1 Å². The first kappa shape index (κ1) is 12.6. The molecule has 0 radical (unpaired) electrons. The van der Waals surface area contributed by atoms with Crippen LogP contribution in [-0.2, 0) is 6.54 Å². The van der Waals surface area contributed by atoms with E-state index in [-0.39, 0.29) is 0 Å². The summed E-state index contributed by atoms with van der Waals surface area (Å²) in [7, 11) is 0. The monoisotopic (exact) mass is 231 g/mol. The molecule has 1 N–H and O–H groups in total. The van der Waals surface area contributed by atoms with Gasteiger partial charge in [0.1, 0.15) is 0 Å². The number of hydrogen-bond acceptors (Lipinski definition) is 1. The van der Waals surface area contributed by atoms with Crippen molar-refractivity contribution in [3.8, 4) is 0 Å².